The van der Waals surface area contributed by atoms with Gasteiger partial charge < -0.3 is 15.0 Å². The van der Waals surface area contributed by atoms with Crippen LogP contribution in [0.3, 0.4) is 0 Å². The largest absolute Gasteiger partial charge is 0.468 e. The molecule has 1 N–H and O–H groups in total. The summed E-state index contributed by atoms with van der Waals surface area (Å²) in [6.07, 6.45) is 6.56. The van der Waals surface area contributed by atoms with Gasteiger partial charge in [0.25, 0.3) is 0 Å². The first kappa shape index (κ1) is 12.8. The van der Waals surface area contributed by atoms with Gasteiger partial charge in [0.15, 0.2) is 0 Å². The minimum Gasteiger partial charge on any atom is -0.468 e. The zero-order valence-corrected chi connectivity index (χ0v) is 11.0. The molecule has 0 aromatic carbocycles. The minimum absolute atomic E-state index is 0.0718. The maximum absolute atomic E-state index is 12.1. The van der Waals surface area contributed by atoms with E-state index < -0.39 is 5.54 Å². The zero-order valence-electron chi connectivity index (χ0n) is 11.0. The molecule has 0 radical (unpaired) electrons. The molecule has 4 heteroatoms. The summed E-state index contributed by atoms with van der Waals surface area (Å²) in [4.78, 5) is 14.5. The van der Waals surface area contributed by atoms with E-state index in [-0.39, 0.29) is 5.97 Å². The van der Waals surface area contributed by atoms with E-state index in [2.05, 4.69) is 17.3 Å². The van der Waals surface area contributed by atoms with Crippen LogP contribution in [0.5, 0.6) is 0 Å². The van der Waals surface area contributed by atoms with Gasteiger partial charge in [-0.05, 0) is 58.7 Å². The van der Waals surface area contributed by atoms with E-state index in [4.69, 9.17) is 4.74 Å². The van der Waals surface area contributed by atoms with Crippen molar-refractivity contribution in [1.29, 1.82) is 0 Å². The third-order valence-electron chi connectivity index (χ3n) is 4.33. The normalized spacial score (nSPS) is 34.8. The van der Waals surface area contributed by atoms with Crippen LogP contribution in [-0.2, 0) is 9.53 Å². The smallest absolute Gasteiger partial charge is 0.326 e. The SMILES string of the molecule is COC(=O)C1(CC2CCCN2C)CCCCN1. The molecule has 0 aromatic heterocycles. The van der Waals surface area contributed by atoms with Crippen LogP contribution in [0.1, 0.15) is 38.5 Å². The molecule has 98 valence electrons. The second-order valence-corrected chi connectivity index (χ2v) is 5.44. The molecular formula is C13H24N2O2. The fraction of sp³-hybridized carbons (Fsp3) is 0.923. The maximum atomic E-state index is 12.1. The molecule has 0 bridgehead atoms. The first-order chi connectivity index (χ1) is 8.18. The van der Waals surface area contributed by atoms with Crippen molar-refractivity contribution in [2.75, 3.05) is 27.2 Å². The molecule has 0 saturated carbocycles. The Morgan fingerprint density at radius 3 is 2.82 bits per heavy atom. The Hall–Kier alpha value is -0.610. The van der Waals surface area contributed by atoms with Crippen LogP contribution in [-0.4, -0.2) is 49.7 Å². The lowest BCUT2D eigenvalue weighted by atomic mass is 9.82. The second kappa shape index (κ2) is 5.36. The summed E-state index contributed by atoms with van der Waals surface area (Å²) in [5, 5.41) is 3.43. The number of piperidine rings is 1. The van der Waals surface area contributed by atoms with Crippen molar-refractivity contribution < 1.29 is 9.53 Å². The first-order valence-electron chi connectivity index (χ1n) is 6.72. The predicted octanol–water partition coefficient (Wildman–Crippen LogP) is 1.16. The van der Waals surface area contributed by atoms with Gasteiger partial charge in [-0.25, -0.2) is 0 Å². The highest BCUT2D eigenvalue weighted by molar-refractivity contribution is 5.81. The molecule has 2 aliphatic rings. The van der Waals surface area contributed by atoms with E-state index in [1.807, 2.05) is 0 Å². The fourth-order valence-electron chi connectivity index (χ4n) is 3.23. The third-order valence-corrected chi connectivity index (χ3v) is 4.33. The van der Waals surface area contributed by atoms with Gasteiger partial charge in [0.05, 0.1) is 7.11 Å². The van der Waals surface area contributed by atoms with Gasteiger partial charge in [-0.2, -0.15) is 0 Å². The zero-order chi connectivity index (χ0) is 12.3. The molecular weight excluding hydrogens is 216 g/mol. The average molecular weight is 240 g/mol. The number of hydrogen-bond acceptors (Lipinski definition) is 4. The number of rotatable bonds is 3. The molecule has 2 fully saturated rings. The van der Waals surface area contributed by atoms with Crippen molar-refractivity contribution in [3.63, 3.8) is 0 Å². The topological polar surface area (TPSA) is 41.6 Å². The highest BCUT2D eigenvalue weighted by Gasteiger charge is 2.43. The molecule has 2 unspecified atom stereocenters. The number of likely N-dealkylation sites (tertiary alicyclic amines) is 1. The van der Waals surface area contributed by atoms with Gasteiger partial charge >= 0.3 is 5.97 Å². The first-order valence-corrected chi connectivity index (χ1v) is 6.72. The molecule has 0 amide bonds. The van der Waals surface area contributed by atoms with E-state index >= 15 is 0 Å². The number of methoxy groups -OCH3 is 1. The Kier molecular flexibility index (Phi) is 4.05. The Morgan fingerprint density at radius 1 is 1.47 bits per heavy atom. The van der Waals surface area contributed by atoms with Crippen LogP contribution >= 0.6 is 0 Å². The molecule has 17 heavy (non-hydrogen) atoms. The van der Waals surface area contributed by atoms with Crippen molar-refractivity contribution in [2.24, 2.45) is 0 Å². The lowest BCUT2D eigenvalue weighted by Gasteiger charge is -2.38. The van der Waals surface area contributed by atoms with Crippen molar-refractivity contribution in [3.05, 3.63) is 0 Å². The number of esters is 1. The number of carbonyl (C=O) groups excluding carboxylic acids is 1. The quantitative estimate of drug-likeness (QED) is 0.752. The van der Waals surface area contributed by atoms with Gasteiger partial charge in [0.2, 0.25) is 0 Å². The molecule has 0 aromatic rings. The van der Waals surface area contributed by atoms with Crippen molar-refractivity contribution >= 4 is 5.97 Å². The number of nitrogens with zero attached hydrogens (tertiary/aromatic N) is 1. The van der Waals surface area contributed by atoms with Gasteiger partial charge in [-0.15, -0.1) is 0 Å². The van der Waals surface area contributed by atoms with Gasteiger partial charge in [-0.1, -0.05) is 0 Å². The molecule has 0 aliphatic carbocycles. The summed E-state index contributed by atoms with van der Waals surface area (Å²) in [5.74, 6) is -0.0718. The van der Waals surface area contributed by atoms with Crippen LogP contribution in [0.2, 0.25) is 0 Å². The van der Waals surface area contributed by atoms with Crippen LogP contribution in [0.4, 0.5) is 0 Å². The monoisotopic (exact) mass is 240 g/mol. The summed E-state index contributed by atoms with van der Waals surface area (Å²) >= 11 is 0. The molecule has 4 nitrogen and oxygen atoms in total. The van der Waals surface area contributed by atoms with Crippen molar-refractivity contribution in [2.45, 2.75) is 50.1 Å². The highest BCUT2D eigenvalue weighted by Crippen LogP contribution is 2.30. The van der Waals surface area contributed by atoms with Crippen molar-refractivity contribution in [1.82, 2.24) is 10.2 Å². The van der Waals surface area contributed by atoms with E-state index in [9.17, 15) is 4.79 Å². The lowest BCUT2D eigenvalue weighted by Crippen LogP contribution is -2.57. The van der Waals surface area contributed by atoms with Crippen LogP contribution in [0.15, 0.2) is 0 Å². The summed E-state index contributed by atoms with van der Waals surface area (Å²) in [6.45, 7) is 2.09. The predicted molar refractivity (Wildman–Crippen MR) is 66.9 cm³/mol. The van der Waals surface area contributed by atoms with Gasteiger partial charge in [0, 0.05) is 6.04 Å². The average Bonchev–Trinajstić information content (AvgIpc) is 2.75. The number of ether oxygens (including phenoxy) is 1. The highest BCUT2D eigenvalue weighted by atomic mass is 16.5. The summed E-state index contributed by atoms with van der Waals surface area (Å²) in [5.41, 5.74) is -0.420. The van der Waals surface area contributed by atoms with Crippen LogP contribution in [0.25, 0.3) is 0 Å². The second-order valence-electron chi connectivity index (χ2n) is 5.44. The molecule has 2 atom stereocenters. The lowest BCUT2D eigenvalue weighted by molar-refractivity contribution is -0.150. The Labute approximate surface area is 104 Å². The fourth-order valence-corrected chi connectivity index (χ4v) is 3.23. The molecule has 2 rings (SSSR count). The summed E-state index contributed by atoms with van der Waals surface area (Å²) in [7, 11) is 3.66. The van der Waals surface area contributed by atoms with Crippen LogP contribution in [0, 0.1) is 0 Å². The number of hydrogen-bond donors (Lipinski definition) is 1. The van der Waals surface area contributed by atoms with Gasteiger partial charge in [0.1, 0.15) is 5.54 Å². The number of nitrogens with one attached hydrogen (secondary N) is 1. The standard InChI is InChI=1S/C13H24N2O2/c1-15-9-5-6-11(15)10-13(12(16)17-2)7-3-4-8-14-13/h11,14H,3-10H2,1-2H3. The van der Waals surface area contributed by atoms with E-state index in [0.29, 0.717) is 6.04 Å². The third kappa shape index (κ3) is 2.63. The van der Waals surface area contributed by atoms with E-state index in [1.54, 1.807) is 0 Å². The molecule has 2 aliphatic heterocycles. The maximum Gasteiger partial charge on any atom is 0.326 e. The van der Waals surface area contributed by atoms with E-state index in [0.717, 1.165) is 32.4 Å². The van der Waals surface area contributed by atoms with Crippen molar-refractivity contribution in [3.8, 4) is 0 Å². The summed E-state index contributed by atoms with van der Waals surface area (Å²) < 4.78 is 5.02. The molecule has 2 saturated heterocycles. The van der Waals surface area contributed by atoms with Gasteiger partial charge in [-0.3, -0.25) is 4.79 Å². The Morgan fingerprint density at radius 2 is 2.29 bits per heavy atom. The Bertz CT molecular complexity index is 275. The number of carbonyl (C=O) groups is 1. The minimum atomic E-state index is -0.420. The molecule has 2 heterocycles. The summed E-state index contributed by atoms with van der Waals surface area (Å²) in [6, 6.07) is 0.527. The van der Waals surface area contributed by atoms with E-state index in [1.165, 1.54) is 26.4 Å². The Balaban J connectivity index is 2.07. The molecule has 0 spiro atoms. The van der Waals surface area contributed by atoms with Crippen LogP contribution < -0.4 is 5.32 Å².